The largest absolute Gasteiger partial charge is 0.507 e. The van der Waals surface area contributed by atoms with Gasteiger partial charge in [-0.05, 0) is 17.7 Å². The van der Waals surface area contributed by atoms with E-state index in [1.165, 1.54) is 24.3 Å². The van der Waals surface area contributed by atoms with Crippen LogP contribution >= 0.6 is 15.9 Å². The molecule has 7 heteroatoms. The molecule has 0 heterocycles. The summed E-state index contributed by atoms with van der Waals surface area (Å²) < 4.78 is 0.708. The molecule has 0 amide bonds. The number of rotatable bonds is 3. The lowest BCUT2D eigenvalue weighted by Gasteiger charge is -2.29. The van der Waals surface area contributed by atoms with Crippen molar-refractivity contribution in [3.05, 3.63) is 116 Å². The van der Waals surface area contributed by atoms with Crippen LogP contribution in [0.25, 0.3) is 11.5 Å². The van der Waals surface area contributed by atoms with Crippen molar-refractivity contribution in [2.45, 2.75) is 5.92 Å². The van der Waals surface area contributed by atoms with Gasteiger partial charge >= 0.3 is 0 Å². The van der Waals surface area contributed by atoms with Gasteiger partial charge in [0.2, 0.25) is 23.1 Å². The topological polar surface area (TPSA) is 109 Å². The lowest BCUT2D eigenvalue weighted by atomic mass is 9.72. The summed E-state index contributed by atoms with van der Waals surface area (Å²) >= 11 is 3.33. The van der Waals surface area contributed by atoms with E-state index in [0.29, 0.717) is 10.0 Å². The van der Waals surface area contributed by atoms with Crippen LogP contribution < -0.4 is 0 Å². The fourth-order valence-corrected chi connectivity index (χ4v) is 4.70. The van der Waals surface area contributed by atoms with Crippen LogP contribution in [0, 0.1) is 0 Å². The van der Waals surface area contributed by atoms with Crippen LogP contribution in [-0.2, 0) is 9.59 Å². The third-order valence-corrected chi connectivity index (χ3v) is 6.57. The molecule has 34 heavy (non-hydrogen) atoms. The van der Waals surface area contributed by atoms with Gasteiger partial charge in [0.25, 0.3) is 0 Å². The van der Waals surface area contributed by atoms with Gasteiger partial charge in [-0.2, -0.15) is 0 Å². The molecule has 6 nitrogen and oxygen atoms in total. The highest BCUT2D eigenvalue weighted by molar-refractivity contribution is 9.10. The van der Waals surface area contributed by atoms with E-state index in [1.54, 1.807) is 48.5 Å². The number of carbonyl (C=O) groups is 4. The first-order valence-electron chi connectivity index (χ1n) is 10.3. The smallest absolute Gasteiger partial charge is 0.234 e. The second kappa shape index (κ2) is 8.04. The summed E-state index contributed by atoms with van der Waals surface area (Å²) in [7, 11) is 0. The number of carbonyl (C=O) groups excluding carboxylic acids is 4. The monoisotopic (exact) mass is 514 g/mol. The molecular formula is C27H15BrO6. The molecule has 5 rings (SSSR count). The molecule has 0 radical (unpaired) electrons. The van der Waals surface area contributed by atoms with Gasteiger partial charge in [-0.3, -0.25) is 19.2 Å². The second-order valence-corrected chi connectivity index (χ2v) is 8.83. The zero-order chi connectivity index (χ0) is 24.1. The highest BCUT2D eigenvalue weighted by Crippen LogP contribution is 2.44. The van der Waals surface area contributed by atoms with Crippen molar-refractivity contribution in [3.8, 4) is 0 Å². The Balaban J connectivity index is 1.85. The van der Waals surface area contributed by atoms with Crippen LogP contribution in [-0.4, -0.2) is 33.3 Å². The summed E-state index contributed by atoms with van der Waals surface area (Å²) in [5, 5.41) is 22.3. The van der Waals surface area contributed by atoms with Gasteiger partial charge in [0.05, 0.1) is 11.1 Å². The molecule has 0 spiro atoms. The Morgan fingerprint density at radius 2 is 0.912 bits per heavy atom. The molecule has 0 aromatic heterocycles. The van der Waals surface area contributed by atoms with Crippen LogP contribution in [0.3, 0.4) is 0 Å². The van der Waals surface area contributed by atoms with Crippen molar-refractivity contribution in [1.29, 1.82) is 0 Å². The van der Waals surface area contributed by atoms with Crippen molar-refractivity contribution in [2.24, 2.45) is 0 Å². The standard InChI is InChI=1S/C27H15BrO6/c28-14-11-9-13(10-12-14)19(20-22(29)15-5-1-3-7-17(15)24(31)26(20)33)21-23(30)16-6-2-4-8-18(16)25(32)27(21)34/h1-12,19,29-30H. The average Bonchev–Trinajstić information content (AvgIpc) is 2.86. The molecule has 166 valence electrons. The number of Topliss-reactive ketones (excluding diaryl/α,β-unsaturated/α-hetero) is 4. The minimum atomic E-state index is -1.36. The molecule has 0 fully saturated rings. The molecule has 3 aromatic carbocycles. The number of benzene rings is 3. The Kier molecular flexibility index (Phi) is 5.14. The first-order chi connectivity index (χ1) is 16.3. The molecule has 0 saturated heterocycles. The number of hydrogen-bond acceptors (Lipinski definition) is 6. The van der Waals surface area contributed by atoms with Crippen LogP contribution in [0.15, 0.2) is 88.4 Å². The quantitative estimate of drug-likeness (QED) is 0.476. The molecule has 0 aliphatic heterocycles. The fraction of sp³-hybridized carbons (Fsp3) is 0.0370. The maximum absolute atomic E-state index is 13.3. The summed E-state index contributed by atoms with van der Waals surface area (Å²) in [4.78, 5) is 52.4. The third kappa shape index (κ3) is 3.16. The Morgan fingerprint density at radius 1 is 0.529 bits per heavy atom. The summed E-state index contributed by atoms with van der Waals surface area (Å²) in [6.45, 7) is 0. The minimum absolute atomic E-state index is 0.0397. The maximum atomic E-state index is 13.3. The van der Waals surface area contributed by atoms with Crippen LogP contribution in [0.1, 0.15) is 43.3 Å². The highest BCUT2D eigenvalue weighted by Gasteiger charge is 2.44. The summed E-state index contributed by atoms with van der Waals surface area (Å²) in [6.07, 6.45) is 0. The van der Waals surface area contributed by atoms with E-state index in [0.717, 1.165) is 0 Å². The first-order valence-corrected chi connectivity index (χ1v) is 11.1. The predicted octanol–water partition coefficient (Wildman–Crippen LogP) is 5.00. The SMILES string of the molecule is O=C1C(=O)c2ccccc2C(O)=C1C(C1=C(O)c2ccccc2C(=O)C1=O)c1ccc(Br)cc1. The number of halogens is 1. The van der Waals surface area contributed by atoms with Crippen molar-refractivity contribution in [2.75, 3.05) is 0 Å². The Morgan fingerprint density at radius 3 is 1.32 bits per heavy atom. The normalized spacial score (nSPS) is 15.7. The minimum Gasteiger partial charge on any atom is -0.507 e. The van der Waals surface area contributed by atoms with Crippen molar-refractivity contribution in [3.63, 3.8) is 0 Å². The van der Waals surface area contributed by atoms with Crippen molar-refractivity contribution < 1.29 is 29.4 Å². The lowest BCUT2D eigenvalue weighted by molar-refractivity contribution is -0.112. The van der Waals surface area contributed by atoms with E-state index < -0.39 is 40.6 Å². The molecular weight excluding hydrogens is 500 g/mol. The predicted molar refractivity (Wildman–Crippen MR) is 128 cm³/mol. The zero-order valence-electron chi connectivity index (χ0n) is 17.4. The van der Waals surface area contributed by atoms with E-state index >= 15 is 0 Å². The number of fused-ring (bicyclic) bond motifs is 2. The van der Waals surface area contributed by atoms with Gasteiger partial charge in [0.1, 0.15) is 11.5 Å². The average molecular weight is 515 g/mol. The highest BCUT2D eigenvalue weighted by atomic mass is 79.9. The third-order valence-electron chi connectivity index (χ3n) is 6.05. The van der Waals surface area contributed by atoms with Crippen molar-refractivity contribution >= 4 is 50.6 Å². The molecule has 2 N–H and O–H groups in total. The van der Waals surface area contributed by atoms with Gasteiger partial charge in [-0.25, -0.2) is 0 Å². The van der Waals surface area contributed by atoms with Gasteiger partial charge < -0.3 is 10.2 Å². The fourth-order valence-electron chi connectivity index (χ4n) is 4.44. The first kappa shape index (κ1) is 21.7. The second-order valence-electron chi connectivity index (χ2n) is 7.92. The van der Waals surface area contributed by atoms with Gasteiger partial charge in [-0.15, -0.1) is 0 Å². The van der Waals surface area contributed by atoms with E-state index in [-0.39, 0.29) is 33.4 Å². The van der Waals surface area contributed by atoms with E-state index in [1.807, 2.05) is 0 Å². The molecule has 0 saturated carbocycles. The summed E-state index contributed by atoms with van der Waals surface area (Å²) in [5.74, 6) is -6.03. The zero-order valence-corrected chi connectivity index (χ0v) is 19.0. The van der Waals surface area contributed by atoms with Crippen molar-refractivity contribution in [1.82, 2.24) is 0 Å². The molecule has 0 atom stereocenters. The number of allylic oxidation sites excluding steroid dienone is 2. The van der Waals surface area contributed by atoms with Gasteiger partial charge in [0, 0.05) is 32.6 Å². The van der Waals surface area contributed by atoms with E-state index in [4.69, 9.17) is 0 Å². The van der Waals surface area contributed by atoms with Gasteiger partial charge in [-0.1, -0.05) is 76.6 Å². The molecule has 2 aliphatic carbocycles. The summed E-state index contributed by atoms with van der Waals surface area (Å²) in [6, 6.07) is 18.7. The number of aliphatic hydroxyl groups excluding tert-OH is 2. The molecule has 2 aliphatic rings. The Bertz CT molecular complexity index is 1400. The lowest BCUT2D eigenvalue weighted by Crippen LogP contribution is -2.33. The Labute approximate surface area is 202 Å². The van der Waals surface area contributed by atoms with Gasteiger partial charge in [0.15, 0.2) is 0 Å². The molecule has 0 bridgehead atoms. The van der Waals surface area contributed by atoms with Crippen LogP contribution in [0.2, 0.25) is 0 Å². The summed E-state index contributed by atoms with van der Waals surface area (Å²) in [5.41, 5.74) is -0.0389. The maximum Gasteiger partial charge on any atom is 0.234 e. The van der Waals surface area contributed by atoms with E-state index in [9.17, 15) is 29.4 Å². The number of aliphatic hydroxyl groups is 2. The molecule has 0 unspecified atom stereocenters. The molecule has 3 aromatic rings. The van der Waals surface area contributed by atoms with Crippen LogP contribution in [0.5, 0.6) is 0 Å². The van der Waals surface area contributed by atoms with E-state index in [2.05, 4.69) is 15.9 Å². The van der Waals surface area contributed by atoms with Crippen LogP contribution in [0.4, 0.5) is 0 Å². The number of hydrogen-bond donors (Lipinski definition) is 2. The Hall–Kier alpha value is -4.10. The number of ketones is 4.